The fourth-order valence-corrected chi connectivity index (χ4v) is 1.02. The number of nitro groups is 1. The molecule has 1 N–H and O–H groups in total. The third-order valence-corrected chi connectivity index (χ3v) is 1.54. The van der Waals surface area contributed by atoms with Gasteiger partial charge in [0.05, 0.1) is 22.6 Å². The van der Waals surface area contributed by atoms with Crippen LogP contribution in [0.15, 0.2) is 11.9 Å². The van der Waals surface area contributed by atoms with Crippen LogP contribution in [0.25, 0.3) is 0 Å². The Morgan fingerprint density at radius 2 is 2.64 bits per heavy atom. The molecule has 58 valence electrons. The second-order valence-corrected chi connectivity index (χ2v) is 2.27. The quantitative estimate of drug-likeness (QED) is 0.432. The van der Waals surface area contributed by atoms with Crippen molar-refractivity contribution in [2.45, 2.75) is 6.42 Å². The molecule has 1 saturated heterocycles. The van der Waals surface area contributed by atoms with Gasteiger partial charge in [-0.3, -0.25) is 10.1 Å². The first-order chi connectivity index (χ1) is 5.24. The van der Waals surface area contributed by atoms with E-state index in [-0.39, 0.29) is 5.92 Å². The molecule has 0 aromatic heterocycles. The molecule has 11 heavy (non-hydrogen) atoms. The molecule has 1 fully saturated rings. The molecule has 0 radical (unpaired) electrons. The Morgan fingerprint density at radius 1 is 1.91 bits per heavy atom. The predicted molar refractivity (Wildman–Crippen MR) is 36.8 cm³/mol. The van der Waals surface area contributed by atoms with Crippen LogP contribution in [-0.4, -0.2) is 11.5 Å². The van der Waals surface area contributed by atoms with E-state index < -0.39 is 4.92 Å². The van der Waals surface area contributed by atoms with Crippen LogP contribution < -0.4 is 5.32 Å². The normalized spacial score (nSPS) is 26.1. The van der Waals surface area contributed by atoms with Crippen molar-refractivity contribution < 1.29 is 4.92 Å². The highest BCUT2D eigenvalue weighted by Gasteiger charge is 2.22. The maximum absolute atomic E-state index is 10.00. The highest BCUT2D eigenvalue weighted by atomic mass is 16.6. The summed E-state index contributed by atoms with van der Waals surface area (Å²) in [6.07, 6.45) is 1.52. The lowest BCUT2D eigenvalue weighted by atomic mass is 10.1. The van der Waals surface area contributed by atoms with Crippen molar-refractivity contribution in [3.63, 3.8) is 0 Å². The number of nitrogens with one attached hydrogen (secondary N) is 1. The minimum atomic E-state index is -0.544. The van der Waals surface area contributed by atoms with Gasteiger partial charge < -0.3 is 5.32 Å². The van der Waals surface area contributed by atoms with E-state index in [0.29, 0.717) is 18.7 Å². The van der Waals surface area contributed by atoms with E-state index in [1.54, 1.807) is 0 Å². The zero-order valence-corrected chi connectivity index (χ0v) is 5.78. The third kappa shape index (κ3) is 1.67. The summed E-state index contributed by atoms with van der Waals surface area (Å²) >= 11 is 0. The van der Waals surface area contributed by atoms with Crippen molar-refractivity contribution in [2.24, 2.45) is 5.92 Å². The van der Waals surface area contributed by atoms with Crippen LogP contribution in [0.4, 0.5) is 0 Å². The number of rotatable bonds is 1. The largest absolute Gasteiger partial charge is 0.382 e. The van der Waals surface area contributed by atoms with Gasteiger partial charge in [0.15, 0.2) is 0 Å². The van der Waals surface area contributed by atoms with Gasteiger partial charge >= 0.3 is 0 Å². The standard InChI is InChI=1S/C6H7N3O2/c7-3-5-1-2-8-6(5)4-9(10)11/h4-5,8H,1-2H2. The molecule has 1 aliphatic rings. The molecule has 0 saturated carbocycles. The van der Waals surface area contributed by atoms with E-state index in [1.807, 2.05) is 6.07 Å². The van der Waals surface area contributed by atoms with Crippen molar-refractivity contribution in [1.82, 2.24) is 5.32 Å². The number of hydrogen-bond acceptors (Lipinski definition) is 4. The van der Waals surface area contributed by atoms with Gasteiger partial charge in [0.25, 0.3) is 6.20 Å². The summed E-state index contributed by atoms with van der Waals surface area (Å²) in [5, 5.41) is 21.3. The fourth-order valence-electron chi connectivity index (χ4n) is 1.02. The predicted octanol–water partition coefficient (Wildman–Crippen LogP) is 0.238. The van der Waals surface area contributed by atoms with Crippen LogP contribution in [-0.2, 0) is 0 Å². The molecule has 0 aliphatic carbocycles. The number of nitrogens with zero attached hydrogens (tertiary/aromatic N) is 2. The molecular weight excluding hydrogens is 146 g/mol. The first-order valence-corrected chi connectivity index (χ1v) is 3.22. The zero-order valence-electron chi connectivity index (χ0n) is 5.78. The molecule has 1 atom stereocenters. The van der Waals surface area contributed by atoms with Crippen LogP contribution in [0.1, 0.15) is 6.42 Å². The summed E-state index contributed by atoms with van der Waals surface area (Å²) in [6, 6.07) is 1.98. The Bertz CT molecular complexity index is 241. The topological polar surface area (TPSA) is 79.0 Å². The van der Waals surface area contributed by atoms with Gasteiger partial charge in [-0.2, -0.15) is 5.26 Å². The summed E-state index contributed by atoms with van der Waals surface area (Å²) in [6.45, 7) is 0.651. The molecule has 0 bridgehead atoms. The van der Waals surface area contributed by atoms with Gasteiger partial charge in [0.2, 0.25) is 0 Å². The van der Waals surface area contributed by atoms with Gasteiger partial charge in [-0.05, 0) is 6.42 Å². The van der Waals surface area contributed by atoms with Gasteiger partial charge in [-0.15, -0.1) is 0 Å². The highest BCUT2D eigenvalue weighted by Crippen LogP contribution is 2.17. The fraction of sp³-hybridized carbons (Fsp3) is 0.500. The van der Waals surface area contributed by atoms with E-state index in [4.69, 9.17) is 5.26 Å². The monoisotopic (exact) mass is 153 g/mol. The molecule has 0 amide bonds. The lowest BCUT2D eigenvalue weighted by Crippen LogP contribution is -2.08. The first-order valence-electron chi connectivity index (χ1n) is 3.22. The molecule has 0 aromatic rings. The molecule has 0 spiro atoms. The number of nitriles is 1. The average Bonchev–Trinajstić information content (AvgIpc) is 2.34. The molecular formula is C6H7N3O2. The minimum Gasteiger partial charge on any atom is -0.382 e. The van der Waals surface area contributed by atoms with E-state index in [9.17, 15) is 10.1 Å². The van der Waals surface area contributed by atoms with Gasteiger partial charge in [-0.1, -0.05) is 0 Å². The SMILES string of the molecule is N#CC1CCNC1=C[N+](=O)[O-]. The maximum Gasteiger partial charge on any atom is 0.254 e. The third-order valence-electron chi connectivity index (χ3n) is 1.54. The smallest absolute Gasteiger partial charge is 0.254 e. The van der Waals surface area contributed by atoms with E-state index in [2.05, 4.69) is 5.32 Å². The Balaban J connectivity index is 2.72. The Labute approximate surface area is 63.5 Å². The number of allylic oxidation sites excluding steroid dienone is 1. The minimum absolute atomic E-state index is 0.319. The average molecular weight is 153 g/mol. The van der Waals surface area contributed by atoms with Crippen LogP contribution in [0.5, 0.6) is 0 Å². The Hall–Kier alpha value is -1.57. The van der Waals surface area contributed by atoms with Crippen molar-refractivity contribution >= 4 is 0 Å². The lowest BCUT2D eigenvalue weighted by molar-refractivity contribution is -0.403. The summed E-state index contributed by atoms with van der Waals surface area (Å²) in [7, 11) is 0. The summed E-state index contributed by atoms with van der Waals surface area (Å²) in [5.41, 5.74) is 0.428. The second-order valence-electron chi connectivity index (χ2n) is 2.27. The highest BCUT2D eigenvalue weighted by molar-refractivity contribution is 5.14. The summed E-state index contributed by atoms with van der Waals surface area (Å²) in [5.74, 6) is -0.319. The van der Waals surface area contributed by atoms with Crippen LogP contribution in [0.3, 0.4) is 0 Å². The molecule has 1 rings (SSSR count). The van der Waals surface area contributed by atoms with Crippen molar-refractivity contribution in [3.8, 4) is 6.07 Å². The molecule has 1 heterocycles. The second kappa shape index (κ2) is 3.01. The number of hydrogen-bond donors (Lipinski definition) is 1. The Kier molecular flexibility index (Phi) is 2.06. The summed E-state index contributed by atoms with van der Waals surface area (Å²) in [4.78, 5) is 9.45. The van der Waals surface area contributed by atoms with Crippen LogP contribution in [0.2, 0.25) is 0 Å². The molecule has 0 aromatic carbocycles. The summed E-state index contributed by atoms with van der Waals surface area (Å²) < 4.78 is 0. The molecule has 1 aliphatic heterocycles. The maximum atomic E-state index is 10.00. The molecule has 1 unspecified atom stereocenters. The molecule has 5 nitrogen and oxygen atoms in total. The van der Waals surface area contributed by atoms with Crippen LogP contribution in [0, 0.1) is 27.4 Å². The van der Waals surface area contributed by atoms with E-state index in [1.165, 1.54) is 0 Å². The van der Waals surface area contributed by atoms with Crippen molar-refractivity contribution in [3.05, 3.63) is 22.0 Å². The van der Waals surface area contributed by atoms with Gasteiger partial charge in [-0.25, -0.2) is 0 Å². The Morgan fingerprint density at radius 3 is 3.18 bits per heavy atom. The van der Waals surface area contributed by atoms with Crippen molar-refractivity contribution in [1.29, 1.82) is 5.26 Å². The lowest BCUT2D eigenvalue weighted by Gasteiger charge is -1.95. The first kappa shape index (κ1) is 7.54. The molecule has 5 heteroatoms. The van der Waals surface area contributed by atoms with E-state index in [0.717, 1.165) is 6.20 Å². The van der Waals surface area contributed by atoms with Crippen molar-refractivity contribution in [2.75, 3.05) is 6.54 Å². The van der Waals surface area contributed by atoms with Crippen LogP contribution >= 0.6 is 0 Å². The zero-order chi connectivity index (χ0) is 8.27. The van der Waals surface area contributed by atoms with Gasteiger partial charge in [0, 0.05) is 6.54 Å². The van der Waals surface area contributed by atoms with E-state index >= 15 is 0 Å². The van der Waals surface area contributed by atoms with Gasteiger partial charge in [0.1, 0.15) is 0 Å².